The summed E-state index contributed by atoms with van der Waals surface area (Å²) in [7, 11) is 0. The number of hydrogen-bond donors (Lipinski definition) is 2. The van der Waals surface area contributed by atoms with E-state index in [4.69, 9.17) is 9.84 Å². The Labute approximate surface area is 126 Å². The quantitative estimate of drug-likeness (QED) is 0.821. The maximum absolute atomic E-state index is 10.9. The molecule has 0 radical (unpaired) electrons. The Morgan fingerprint density at radius 3 is 2.65 bits per heavy atom. The largest absolute Gasteiger partial charge is 0.480 e. The maximum atomic E-state index is 10.9. The van der Waals surface area contributed by atoms with Crippen LogP contribution in [0.3, 0.4) is 0 Å². The minimum Gasteiger partial charge on any atom is -0.480 e. The molecule has 5 nitrogen and oxygen atoms in total. The molecule has 1 aromatic rings. The number of carboxylic acids is 1. The Morgan fingerprint density at radius 1 is 1.40 bits per heavy atom. The van der Waals surface area contributed by atoms with Gasteiger partial charge in [0.15, 0.2) is 0 Å². The van der Waals surface area contributed by atoms with Gasteiger partial charge in [-0.2, -0.15) is 0 Å². The lowest BCUT2D eigenvalue weighted by Crippen LogP contribution is -2.36. The molecule has 1 aliphatic heterocycles. The Hall–Kier alpha value is -0.980. The highest BCUT2D eigenvalue weighted by atomic mass is 79.9. The Morgan fingerprint density at radius 2 is 2.10 bits per heavy atom. The van der Waals surface area contributed by atoms with Gasteiger partial charge in [-0.3, -0.25) is 0 Å². The van der Waals surface area contributed by atoms with E-state index in [9.17, 15) is 4.79 Å². The summed E-state index contributed by atoms with van der Waals surface area (Å²) in [6.07, 6.45) is 5.29. The lowest BCUT2D eigenvalue weighted by atomic mass is 9.84. The van der Waals surface area contributed by atoms with Crippen LogP contribution in [-0.4, -0.2) is 35.8 Å². The maximum Gasteiger partial charge on any atom is 0.329 e. The van der Waals surface area contributed by atoms with Crippen LogP contribution in [0.1, 0.15) is 31.2 Å². The van der Waals surface area contributed by atoms with Gasteiger partial charge in [-0.25, -0.2) is 9.78 Å². The Kier molecular flexibility index (Phi) is 5.51. The standard InChI is InChI=1S/C14H19BrN2O3/c15-12-4-3-11(9-17-12)14(20-10-13(18)19)5-1-7-16-8-2-6-14/h3-4,9,16H,1-2,5-8,10H2,(H,18,19). The fraction of sp³-hybridized carbons (Fsp3) is 0.571. The summed E-state index contributed by atoms with van der Waals surface area (Å²) < 4.78 is 6.58. The number of carbonyl (C=O) groups is 1. The minimum atomic E-state index is -0.936. The zero-order valence-corrected chi connectivity index (χ0v) is 12.9. The normalized spacial score (nSPS) is 19.1. The molecule has 0 aromatic carbocycles. The summed E-state index contributed by atoms with van der Waals surface area (Å²) in [5.41, 5.74) is 0.428. The second kappa shape index (κ2) is 7.15. The fourth-order valence-corrected chi connectivity index (χ4v) is 2.84. The van der Waals surface area contributed by atoms with E-state index >= 15 is 0 Å². The van der Waals surface area contributed by atoms with Crippen LogP contribution in [0.25, 0.3) is 0 Å². The van der Waals surface area contributed by atoms with Crippen LogP contribution in [0.15, 0.2) is 22.9 Å². The van der Waals surface area contributed by atoms with Crippen molar-refractivity contribution in [1.82, 2.24) is 10.3 Å². The van der Waals surface area contributed by atoms with Crippen molar-refractivity contribution in [2.24, 2.45) is 0 Å². The predicted octanol–water partition coefficient (Wildman–Crippen LogP) is 2.30. The zero-order valence-electron chi connectivity index (χ0n) is 11.3. The van der Waals surface area contributed by atoms with Crippen molar-refractivity contribution in [3.63, 3.8) is 0 Å². The molecule has 2 rings (SSSR count). The van der Waals surface area contributed by atoms with Crippen LogP contribution in [0, 0.1) is 0 Å². The number of nitrogens with zero attached hydrogens (tertiary/aromatic N) is 1. The molecule has 110 valence electrons. The SMILES string of the molecule is O=C(O)COC1(c2ccc(Br)nc2)CCCNCCC1. The predicted molar refractivity (Wildman–Crippen MR) is 78.5 cm³/mol. The van der Waals surface area contributed by atoms with Crippen LogP contribution in [-0.2, 0) is 15.1 Å². The van der Waals surface area contributed by atoms with Crippen molar-refractivity contribution in [3.8, 4) is 0 Å². The van der Waals surface area contributed by atoms with E-state index in [2.05, 4.69) is 26.2 Å². The average Bonchev–Trinajstić information content (AvgIpc) is 2.39. The van der Waals surface area contributed by atoms with Gasteiger partial charge in [-0.1, -0.05) is 6.07 Å². The molecule has 0 unspecified atom stereocenters. The molecule has 20 heavy (non-hydrogen) atoms. The lowest BCUT2D eigenvalue weighted by molar-refractivity contribution is -0.152. The van der Waals surface area contributed by atoms with Crippen molar-refractivity contribution in [3.05, 3.63) is 28.5 Å². The summed E-state index contributed by atoms with van der Waals surface area (Å²) in [5.74, 6) is -0.936. The third kappa shape index (κ3) is 4.01. The number of aromatic nitrogens is 1. The van der Waals surface area contributed by atoms with Gasteiger partial charge >= 0.3 is 5.97 Å². The molecule has 0 bridgehead atoms. The monoisotopic (exact) mass is 342 g/mol. The van der Waals surface area contributed by atoms with E-state index in [1.165, 1.54) is 0 Å². The van der Waals surface area contributed by atoms with Gasteiger partial charge in [-0.05, 0) is 60.8 Å². The summed E-state index contributed by atoms with van der Waals surface area (Å²) in [5, 5.41) is 12.3. The number of hydrogen-bond acceptors (Lipinski definition) is 4. The van der Waals surface area contributed by atoms with E-state index in [0.717, 1.165) is 48.9 Å². The molecule has 6 heteroatoms. The molecule has 0 atom stereocenters. The summed E-state index contributed by atoms with van der Waals surface area (Å²) in [6.45, 7) is 1.59. The zero-order chi connectivity index (χ0) is 14.4. The fourth-order valence-electron chi connectivity index (χ4n) is 2.61. The van der Waals surface area contributed by atoms with Gasteiger partial charge in [-0.15, -0.1) is 0 Å². The first-order valence-corrected chi connectivity index (χ1v) is 7.60. The molecule has 1 aromatic heterocycles. The van der Waals surface area contributed by atoms with Crippen molar-refractivity contribution >= 4 is 21.9 Å². The van der Waals surface area contributed by atoms with Gasteiger partial charge in [0.2, 0.25) is 0 Å². The van der Waals surface area contributed by atoms with Crippen LogP contribution >= 0.6 is 15.9 Å². The third-order valence-electron chi connectivity index (χ3n) is 3.59. The number of rotatable bonds is 4. The number of carboxylic acid groups (broad SMARTS) is 1. The number of aliphatic carboxylic acids is 1. The van der Waals surface area contributed by atoms with Crippen molar-refractivity contribution in [1.29, 1.82) is 0 Å². The second-order valence-electron chi connectivity index (χ2n) is 5.00. The van der Waals surface area contributed by atoms with Gasteiger partial charge in [0.25, 0.3) is 0 Å². The number of pyridine rings is 1. The summed E-state index contributed by atoms with van der Waals surface area (Å²) in [6, 6.07) is 3.84. The van der Waals surface area contributed by atoms with E-state index in [1.54, 1.807) is 6.20 Å². The average molecular weight is 343 g/mol. The van der Waals surface area contributed by atoms with Crippen molar-refractivity contribution in [2.45, 2.75) is 31.3 Å². The van der Waals surface area contributed by atoms with E-state index < -0.39 is 11.6 Å². The van der Waals surface area contributed by atoms with E-state index in [1.807, 2.05) is 12.1 Å². The molecule has 1 fully saturated rings. The van der Waals surface area contributed by atoms with Crippen LogP contribution in [0.4, 0.5) is 0 Å². The van der Waals surface area contributed by atoms with Gasteiger partial charge < -0.3 is 15.2 Å². The topological polar surface area (TPSA) is 71.5 Å². The molecular formula is C14H19BrN2O3. The highest BCUT2D eigenvalue weighted by Crippen LogP contribution is 2.36. The number of halogens is 1. The highest BCUT2D eigenvalue weighted by molar-refractivity contribution is 9.10. The number of ether oxygens (including phenoxy) is 1. The van der Waals surface area contributed by atoms with E-state index in [-0.39, 0.29) is 6.61 Å². The van der Waals surface area contributed by atoms with Gasteiger partial charge in [0.05, 0.1) is 5.60 Å². The Bertz CT molecular complexity index is 442. The smallest absolute Gasteiger partial charge is 0.329 e. The Balaban J connectivity index is 2.25. The first-order chi connectivity index (χ1) is 9.62. The highest BCUT2D eigenvalue weighted by Gasteiger charge is 2.34. The molecule has 1 saturated heterocycles. The van der Waals surface area contributed by atoms with Crippen LogP contribution < -0.4 is 5.32 Å². The first kappa shape index (κ1) is 15.4. The second-order valence-corrected chi connectivity index (χ2v) is 5.82. The molecule has 0 saturated carbocycles. The molecule has 0 aliphatic carbocycles. The number of nitrogens with one attached hydrogen (secondary N) is 1. The minimum absolute atomic E-state index is 0.274. The van der Waals surface area contributed by atoms with Crippen LogP contribution in [0.2, 0.25) is 0 Å². The molecule has 1 aliphatic rings. The third-order valence-corrected chi connectivity index (χ3v) is 4.06. The van der Waals surface area contributed by atoms with Crippen LogP contribution in [0.5, 0.6) is 0 Å². The molecular weight excluding hydrogens is 324 g/mol. The van der Waals surface area contributed by atoms with Gasteiger partial charge in [0.1, 0.15) is 11.2 Å². The van der Waals surface area contributed by atoms with Crippen molar-refractivity contribution < 1.29 is 14.6 Å². The molecule has 0 amide bonds. The lowest BCUT2D eigenvalue weighted by Gasteiger charge is -2.35. The van der Waals surface area contributed by atoms with Crippen molar-refractivity contribution in [2.75, 3.05) is 19.7 Å². The summed E-state index contributed by atoms with van der Waals surface area (Å²) in [4.78, 5) is 15.1. The molecule has 2 heterocycles. The van der Waals surface area contributed by atoms with E-state index in [0.29, 0.717) is 0 Å². The summed E-state index contributed by atoms with van der Waals surface area (Å²) >= 11 is 3.32. The molecule has 2 N–H and O–H groups in total. The van der Waals surface area contributed by atoms with Gasteiger partial charge in [0, 0.05) is 11.8 Å². The molecule has 0 spiro atoms. The first-order valence-electron chi connectivity index (χ1n) is 6.81.